The monoisotopic (exact) mass is 424 g/mol. The molecule has 0 bridgehead atoms. The summed E-state index contributed by atoms with van der Waals surface area (Å²) < 4.78 is 28.8. The van der Waals surface area contributed by atoms with E-state index in [0.29, 0.717) is 37.9 Å². The molecule has 0 aliphatic carbocycles. The molecule has 1 aromatic carbocycles. The zero-order valence-corrected chi connectivity index (χ0v) is 16.9. The van der Waals surface area contributed by atoms with Crippen molar-refractivity contribution in [2.45, 2.75) is 37.5 Å². The minimum absolute atomic E-state index is 0.0200. The second-order valence-electron chi connectivity index (χ2n) is 7.53. The molecule has 9 nitrogen and oxygen atoms in total. The maximum Gasteiger partial charge on any atom is 0.317 e. The lowest BCUT2D eigenvalue weighted by Crippen LogP contribution is -2.39. The fourth-order valence-corrected chi connectivity index (χ4v) is 4.42. The number of nitrogens with zero attached hydrogens (tertiary/aromatic N) is 1. The van der Waals surface area contributed by atoms with E-state index in [-0.39, 0.29) is 30.5 Å². The number of carboxylic acid groups (broad SMARTS) is 1. The summed E-state index contributed by atoms with van der Waals surface area (Å²) in [6, 6.07) is 5.12. The summed E-state index contributed by atoms with van der Waals surface area (Å²) in [4.78, 5) is 36.3. The van der Waals surface area contributed by atoms with E-state index in [4.69, 9.17) is 9.29 Å². The number of aliphatic carboxylic acids is 1. The van der Waals surface area contributed by atoms with Gasteiger partial charge < -0.3 is 9.29 Å². The van der Waals surface area contributed by atoms with E-state index in [1.807, 2.05) is 4.90 Å². The topological polar surface area (TPSA) is 130 Å². The van der Waals surface area contributed by atoms with E-state index >= 15 is 0 Å². The fourth-order valence-electron chi connectivity index (χ4n) is 3.95. The summed E-state index contributed by atoms with van der Waals surface area (Å²) in [5, 5.41) is 11.2. The first kappa shape index (κ1) is 21.3. The smallest absolute Gasteiger partial charge is 0.317 e. The van der Waals surface area contributed by atoms with Crippen molar-refractivity contribution < 1.29 is 32.1 Å². The number of piperidine rings is 2. The molecule has 0 spiro atoms. The average Bonchev–Trinajstić information content (AvgIpc) is 2.61. The van der Waals surface area contributed by atoms with Crippen LogP contribution in [0.4, 0.5) is 0 Å². The standard InChI is InChI=1S/C19H24N2O7S/c1-29(26,27)28-16-10-13(15-4-5-17(22)20-19(15)25)2-3-14(16)12-6-8-21(9-7-12)11-18(23)24/h2-3,10,12,15H,4-9,11H2,1H3,(H,23,24)(H,20,22,25). The number of benzene rings is 1. The summed E-state index contributed by atoms with van der Waals surface area (Å²) in [6.07, 6.45) is 2.89. The van der Waals surface area contributed by atoms with Gasteiger partial charge in [-0.2, -0.15) is 8.42 Å². The highest BCUT2D eigenvalue weighted by atomic mass is 32.2. The number of likely N-dealkylation sites (tertiary alicyclic amines) is 1. The van der Waals surface area contributed by atoms with E-state index in [9.17, 15) is 22.8 Å². The maximum atomic E-state index is 12.2. The minimum Gasteiger partial charge on any atom is -0.480 e. The summed E-state index contributed by atoms with van der Waals surface area (Å²) in [5.74, 6) is -1.93. The Hall–Kier alpha value is -2.46. The van der Waals surface area contributed by atoms with Gasteiger partial charge >= 0.3 is 16.1 Å². The average molecular weight is 424 g/mol. The number of hydrogen-bond donors (Lipinski definition) is 2. The highest BCUT2D eigenvalue weighted by molar-refractivity contribution is 7.86. The second kappa shape index (κ2) is 8.50. The van der Waals surface area contributed by atoms with Crippen molar-refractivity contribution >= 4 is 27.9 Å². The molecule has 0 saturated carbocycles. The predicted octanol–water partition coefficient (Wildman–Crippen LogP) is 0.809. The normalized spacial score (nSPS) is 21.6. The Labute approximate surface area is 169 Å². The van der Waals surface area contributed by atoms with Gasteiger partial charge in [0.15, 0.2) is 0 Å². The lowest BCUT2D eigenvalue weighted by atomic mass is 9.85. The van der Waals surface area contributed by atoms with Gasteiger partial charge in [-0.1, -0.05) is 12.1 Å². The van der Waals surface area contributed by atoms with Gasteiger partial charge in [0.05, 0.1) is 18.7 Å². The van der Waals surface area contributed by atoms with Crippen LogP contribution in [0.1, 0.15) is 48.6 Å². The van der Waals surface area contributed by atoms with Crippen molar-refractivity contribution in [3.8, 4) is 5.75 Å². The molecule has 2 heterocycles. The molecule has 10 heteroatoms. The molecule has 3 rings (SSSR count). The molecule has 0 radical (unpaired) electrons. The van der Waals surface area contributed by atoms with Gasteiger partial charge in [0.1, 0.15) is 5.75 Å². The number of amides is 2. The van der Waals surface area contributed by atoms with Crippen molar-refractivity contribution in [3.63, 3.8) is 0 Å². The van der Waals surface area contributed by atoms with Gasteiger partial charge in [-0.25, -0.2) is 0 Å². The van der Waals surface area contributed by atoms with E-state index in [2.05, 4.69) is 5.32 Å². The van der Waals surface area contributed by atoms with Gasteiger partial charge in [-0.15, -0.1) is 0 Å². The Morgan fingerprint density at radius 2 is 1.93 bits per heavy atom. The van der Waals surface area contributed by atoms with Gasteiger partial charge in [0.25, 0.3) is 0 Å². The summed E-state index contributed by atoms with van der Waals surface area (Å²) >= 11 is 0. The molecule has 1 aromatic rings. The molecule has 158 valence electrons. The Morgan fingerprint density at radius 1 is 1.24 bits per heavy atom. The lowest BCUT2D eigenvalue weighted by molar-refractivity contribution is -0.138. The maximum absolute atomic E-state index is 12.2. The molecule has 1 atom stereocenters. The predicted molar refractivity (Wildman–Crippen MR) is 103 cm³/mol. The quantitative estimate of drug-likeness (QED) is 0.507. The highest BCUT2D eigenvalue weighted by Gasteiger charge is 2.30. The molecular weight excluding hydrogens is 400 g/mol. The first-order valence-electron chi connectivity index (χ1n) is 9.43. The highest BCUT2D eigenvalue weighted by Crippen LogP contribution is 2.37. The number of carbonyl (C=O) groups is 3. The molecular formula is C19H24N2O7S. The van der Waals surface area contributed by atoms with Crippen molar-refractivity contribution in [2.24, 2.45) is 0 Å². The summed E-state index contributed by atoms with van der Waals surface area (Å²) in [7, 11) is -3.78. The molecule has 2 N–H and O–H groups in total. The van der Waals surface area contributed by atoms with Crippen LogP contribution in [-0.2, 0) is 24.5 Å². The number of carbonyl (C=O) groups excluding carboxylic acids is 2. The Kier molecular flexibility index (Phi) is 6.23. The molecule has 2 amide bonds. The van der Waals surface area contributed by atoms with Crippen LogP contribution in [0, 0.1) is 0 Å². The Bertz CT molecular complexity index is 920. The molecule has 1 unspecified atom stereocenters. The molecule has 29 heavy (non-hydrogen) atoms. The summed E-state index contributed by atoms with van der Waals surface area (Å²) in [6.45, 7) is 1.15. The zero-order valence-electron chi connectivity index (χ0n) is 16.1. The Morgan fingerprint density at radius 3 is 2.52 bits per heavy atom. The van der Waals surface area contributed by atoms with E-state index in [0.717, 1.165) is 11.8 Å². The lowest BCUT2D eigenvalue weighted by Gasteiger charge is -2.32. The fraction of sp³-hybridized carbons (Fsp3) is 0.526. The second-order valence-corrected chi connectivity index (χ2v) is 9.11. The first-order valence-corrected chi connectivity index (χ1v) is 11.2. The largest absolute Gasteiger partial charge is 0.480 e. The molecule has 2 aliphatic rings. The third kappa shape index (κ3) is 5.54. The number of carboxylic acids is 1. The number of rotatable bonds is 6. The first-order chi connectivity index (χ1) is 13.6. The SMILES string of the molecule is CS(=O)(=O)Oc1cc(C2CCC(=O)NC2=O)ccc1C1CCN(CC(=O)O)CC1. The van der Waals surface area contributed by atoms with E-state index < -0.39 is 27.9 Å². The third-order valence-electron chi connectivity index (χ3n) is 5.31. The number of nitrogens with one attached hydrogen (secondary N) is 1. The van der Waals surface area contributed by atoms with E-state index in [1.165, 1.54) is 0 Å². The molecule has 2 aliphatic heterocycles. The van der Waals surface area contributed by atoms with Gasteiger partial charge in [0, 0.05) is 6.42 Å². The van der Waals surface area contributed by atoms with Crippen molar-refractivity contribution in [1.29, 1.82) is 0 Å². The van der Waals surface area contributed by atoms with Crippen LogP contribution in [0.5, 0.6) is 5.75 Å². The van der Waals surface area contributed by atoms with Gasteiger partial charge in [-0.05, 0) is 55.5 Å². The van der Waals surface area contributed by atoms with Gasteiger partial charge in [-0.3, -0.25) is 24.6 Å². The van der Waals surface area contributed by atoms with Crippen LogP contribution < -0.4 is 9.50 Å². The molecule has 2 fully saturated rings. The Balaban J connectivity index is 1.84. The van der Waals surface area contributed by atoms with Crippen LogP contribution in [0.15, 0.2) is 18.2 Å². The van der Waals surface area contributed by atoms with Crippen LogP contribution in [0.2, 0.25) is 0 Å². The number of imide groups is 1. The molecule has 0 aromatic heterocycles. The third-order valence-corrected chi connectivity index (χ3v) is 5.79. The van der Waals surface area contributed by atoms with Crippen molar-refractivity contribution in [3.05, 3.63) is 29.3 Å². The van der Waals surface area contributed by atoms with Crippen LogP contribution in [0.3, 0.4) is 0 Å². The summed E-state index contributed by atoms with van der Waals surface area (Å²) in [5.41, 5.74) is 1.32. The minimum atomic E-state index is -3.78. The van der Waals surface area contributed by atoms with Crippen molar-refractivity contribution in [1.82, 2.24) is 10.2 Å². The number of hydrogen-bond acceptors (Lipinski definition) is 7. The van der Waals surface area contributed by atoms with Crippen LogP contribution >= 0.6 is 0 Å². The van der Waals surface area contributed by atoms with E-state index in [1.54, 1.807) is 18.2 Å². The van der Waals surface area contributed by atoms with Crippen LogP contribution in [-0.4, -0.2) is 62.1 Å². The zero-order chi connectivity index (χ0) is 21.2. The van der Waals surface area contributed by atoms with Gasteiger partial charge in [0.2, 0.25) is 11.8 Å². The van der Waals surface area contributed by atoms with Crippen molar-refractivity contribution in [2.75, 3.05) is 25.9 Å². The molecule has 2 saturated heterocycles. The van der Waals surface area contributed by atoms with Crippen LogP contribution in [0.25, 0.3) is 0 Å².